The molecule has 2 aromatic rings. The summed E-state index contributed by atoms with van der Waals surface area (Å²) in [5.41, 5.74) is 3.04. The zero-order valence-electron chi connectivity index (χ0n) is 13.8. The lowest BCUT2D eigenvalue weighted by Gasteiger charge is -2.35. The fourth-order valence-electron chi connectivity index (χ4n) is 2.90. The fourth-order valence-corrected chi connectivity index (χ4v) is 2.90. The summed E-state index contributed by atoms with van der Waals surface area (Å²) in [5, 5.41) is 0. The van der Waals surface area contributed by atoms with Crippen LogP contribution < -0.4 is 4.90 Å². The Hall–Kier alpha value is -2.62. The lowest BCUT2D eigenvalue weighted by molar-refractivity contribution is -0.126. The first-order valence-electron chi connectivity index (χ1n) is 8.16. The second kappa shape index (κ2) is 7.30. The van der Waals surface area contributed by atoms with E-state index < -0.39 is 0 Å². The molecular formula is C20H21FN2O. The van der Waals surface area contributed by atoms with Crippen LogP contribution in [0.3, 0.4) is 0 Å². The minimum atomic E-state index is -0.228. The van der Waals surface area contributed by atoms with E-state index in [0.29, 0.717) is 13.1 Å². The zero-order chi connectivity index (χ0) is 16.9. The van der Waals surface area contributed by atoms with Gasteiger partial charge >= 0.3 is 0 Å². The average molecular weight is 324 g/mol. The van der Waals surface area contributed by atoms with Gasteiger partial charge in [-0.2, -0.15) is 0 Å². The molecule has 1 heterocycles. The van der Waals surface area contributed by atoms with Crippen molar-refractivity contribution in [1.29, 1.82) is 0 Å². The first-order valence-corrected chi connectivity index (χ1v) is 8.16. The average Bonchev–Trinajstić information content (AvgIpc) is 2.63. The Kier molecular flexibility index (Phi) is 4.94. The van der Waals surface area contributed by atoms with Gasteiger partial charge in [-0.25, -0.2) is 4.39 Å². The molecule has 1 aliphatic heterocycles. The molecule has 1 amide bonds. The number of amides is 1. The molecule has 0 radical (unpaired) electrons. The van der Waals surface area contributed by atoms with Crippen LogP contribution in [0.15, 0.2) is 60.7 Å². The van der Waals surface area contributed by atoms with Crippen LogP contribution in [0.1, 0.15) is 12.5 Å². The third-order valence-corrected chi connectivity index (χ3v) is 4.35. The number of halogens is 1. The van der Waals surface area contributed by atoms with Crippen LogP contribution in [0.25, 0.3) is 5.57 Å². The van der Waals surface area contributed by atoms with E-state index in [4.69, 9.17) is 0 Å². The number of rotatable bonds is 3. The van der Waals surface area contributed by atoms with Gasteiger partial charge in [0.1, 0.15) is 5.82 Å². The molecule has 0 N–H and O–H groups in total. The van der Waals surface area contributed by atoms with Gasteiger partial charge in [-0.05, 0) is 42.3 Å². The SMILES string of the molecule is C/C(=C\C(=O)N1CCN(c2ccc(F)cc2)CC1)c1ccccc1. The summed E-state index contributed by atoms with van der Waals surface area (Å²) >= 11 is 0. The van der Waals surface area contributed by atoms with Crippen molar-refractivity contribution in [3.05, 3.63) is 72.1 Å². The molecule has 0 bridgehead atoms. The van der Waals surface area contributed by atoms with E-state index in [1.165, 1.54) is 12.1 Å². The number of piperazine rings is 1. The Bertz CT molecular complexity index is 717. The smallest absolute Gasteiger partial charge is 0.246 e. The van der Waals surface area contributed by atoms with Gasteiger partial charge in [-0.1, -0.05) is 30.3 Å². The van der Waals surface area contributed by atoms with Crippen molar-refractivity contribution in [2.24, 2.45) is 0 Å². The molecule has 4 heteroatoms. The van der Waals surface area contributed by atoms with E-state index in [-0.39, 0.29) is 11.7 Å². The lowest BCUT2D eigenvalue weighted by atomic mass is 10.1. The summed E-state index contributed by atoms with van der Waals surface area (Å²) < 4.78 is 13.0. The maximum atomic E-state index is 13.0. The zero-order valence-corrected chi connectivity index (χ0v) is 13.8. The van der Waals surface area contributed by atoms with Gasteiger partial charge in [0.15, 0.2) is 0 Å². The van der Waals surface area contributed by atoms with E-state index in [1.54, 1.807) is 18.2 Å². The Morgan fingerprint density at radius 2 is 1.58 bits per heavy atom. The Morgan fingerprint density at radius 1 is 0.958 bits per heavy atom. The Labute approximate surface area is 142 Å². The number of anilines is 1. The number of carbonyl (C=O) groups is 1. The van der Waals surface area contributed by atoms with Crippen molar-refractivity contribution in [2.45, 2.75) is 6.92 Å². The molecule has 0 spiro atoms. The van der Waals surface area contributed by atoms with Gasteiger partial charge < -0.3 is 9.80 Å². The third-order valence-electron chi connectivity index (χ3n) is 4.35. The van der Waals surface area contributed by atoms with Crippen LogP contribution in [-0.2, 0) is 4.79 Å². The van der Waals surface area contributed by atoms with Crippen LogP contribution >= 0.6 is 0 Å². The molecule has 3 nitrogen and oxygen atoms in total. The van der Waals surface area contributed by atoms with E-state index >= 15 is 0 Å². The minimum absolute atomic E-state index is 0.0510. The predicted molar refractivity (Wildman–Crippen MR) is 95.3 cm³/mol. The van der Waals surface area contributed by atoms with E-state index in [2.05, 4.69) is 4.90 Å². The summed E-state index contributed by atoms with van der Waals surface area (Å²) in [6, 6.07) is 16.4. The maximum Gasteiger partial charge on any atom is 0.246 e. The van der Waals surface area contributed by atoms with Crippen LogP contribution in [0.4, 0.5) is 10.1 Å². The van der Waals surface area contributed by atoms with Crippen LogP contribution in [0.2, 0.25) is 0 Å². The van der Waals surface area contributed by atoms with Gasteiger partial charge in [0.2, 0.25) is 5.91 Å². The molecule has 0 aliphatic carbocycles. The van der Waals surface area contributed by atoms with Gasteiger partial charge in [0, 0.05) is 37.9 Å². The molecule has 24 heavy (non-hydrogen) atoms. The van der Waals surface area contributed by atoms with Gasteiger partial charge in [0.05, 0.1) is 0 Å². The summed E-state index contributed by atoms with van der Waals surface area (Å²) in [6.45, 7) is 4.83. The molecular weight excluding hydrogens is 303 g/mol. The van der Waals surface area contributed by atoms with Gasteiger partial charge in [-0.3, -0.25) is 4.79 Å². The minimum Gasteiger partial charge on any atom is -0.368 e. The number of hydrogen-bond acceptors (Lipinski definition) is 2. The second-order valence-corrected chi connectivity index (χ2v) is 5.98. The molecule has 1 fully saturated rings. The molecule has 1 saturated heterocycles. The quantitative estimate of drug-likeness (QED) is 0.806. The second-order valence-electron chi connectivity index (χ2n) is 5.98. The number of nitrogens with zero attached hydrogens (tertiary/aromatic N) is 2. The molecule has 1 aliphatic rings. The van der Waals surface area contributed by atoms with Crippen molar-refractivity contribution in [3.8, 4) is 0 Å². The monoisotopic (exact) mass is 324 g/mol. The highest BCUT2D eigenvalue weighted by atomic mass is 19.1. The van der Waals surface area contributed by atoms with Gasteiger partial charge in [0.25, 0.3) is 0 Å². The molecule has 0 saturated carbocycles. The third kappa shape index (κ3) is 3.82. The van der Waals surface area contributed by atoms with Crippen molar-refractivity contribution in [1.82, 2.24) is 4.90 Å². The first kappa shape index (κ1) is 16.2. The molecule has 3 rings (SSSR count). The molecule has 2 aromatic carbocycles. The van der Waals surface area contributed by atoms with E-state index in [1.807, 2.05) is 42.2 Å². The molecule has 124 valence electrons. The standard InChI is InChI=1S/C20H21FN2O/c1-16(17-5-3-2-4-6-17)15-20(24)23-13-11-22(12-14-23)19-9-7-18(21)8-10-19/h2-10,15H,11-14H2,1H3/b16-15+. The normalized spacial score (nSPS) is 15.5. The molecule has 0 unspecified atom stereocenters. The summed E-state index contributed by atoms with van der Waals surface area (Å²) in [4.78, 5) is 16.5. The lowest BCUT2D eigenvalue weighted by Crippen LogP contribution is -2.48. The van der Waals surface area contributed by atoms with Crippen LogP contribution in [0.5, 0.6) is 0 Å². The highest BCUT2D eigenvalue weighted by Gasteiger charge is 2.20. The van der Waals surface area contributed by atoms with Crippen molar-refractivity contribution in [3.63, 3.8) is 0 Å². The topological polar surface area (TPSA) is 23.6 Å². The Balaban J connectivity index is 1.60. The van der Waals surface area contributed by atoms with Crippen molar-refractivity contribution in [2.75, 3.05) is 31.1 Å². The van der Waals surface area contributed by atoms with Gasteiger partial charge in [-0.15, -0.1) is 0 Å². The largest absolute Gasteiger partial charge is 0.368 e. The van der Waals surface area contributed by atoms with Crippen LogP contribution in [0, 0.1) is 5.82 Å². The molecule has 0 aromatic heterocycles. The van der Waals surface area contributed by atoms with E-state index in [0.717, 1.165) is 29.9 Å². The van der Waals surface area contributed by atoms with E-state index in [9.17, 15) is 9.18 Å². The Morgan fingerprint density at radius 3 is 2.21 bits per heavy atom. The fraction of sp³-hybridized carbons (Fsp3) is 0.250. The molecule has 0 atom stereocenters. The first-order chi connectivity index (χ1) is 11.6. The highest BCUT2D eigenvalue weighted by Crippen LogP contribution is 2.18. The maximum absolute atomic E-state index is 13.0. The van der Waals surface area contributed by atoms with Crippen molar-refractivity contribution >= 4 is 17.2 Å². The summed E-state index contributed by atoms with van der Waals surface area (Å²) in [5.74, 6) is -0.177. The summed E-state index contributed by atoms with van der Waals surface area (Å²) in [7, 11) is 0. The predicted octanol–water partition coefficient (Wildman–Crippen LogP) is 3.58. The number of allylic oxidation sites excluding steroid dienone is 1. The number of hydrogen-bond donors (Lipinski definition) is 0. The number of carbonyl (C=O) groups excluding carboxylic acids is 1. The highest BCUT2D eigenvalue weighted by molar-refractivity contribution is 5.95. The van der Waals surface area contributed by atoms with Crippen LogP contribution in [-0.4, -0.2) is 37.0 Å². The number of benzene rings is 2. The van der Waals surface area contributed by atoms with Crippen molar-refractivity contribution < 1.29 is 9.18 Å². The summed E-state index contributed by atoms with van der Waals surface area (Å²) in [6.07, 6.45) is 1.71.